The van der Waals surface area contributed by atoms with Gasteiger partial charge in [-0.05, 0) is 24.3 Å². The van der Waals surface area contributed by atoms with Crippen LogP contribution < -0.4 is 5.32 Å². The van der Waals surface area contributed by atoms with Crippen LogP contribution in [0.3, 0.4) is 0 Å². The summed E-state index contributed by atoms with van der Waals surface area (Å²) in [5.74, 6) is -0.873. The van der Waals surface area contributed by atoms with Crippen LogP contribution in [0.25, 0.3) is 0 Å². The Morgan fingerprint density at radius 3 is 2.75 bits per heavy atom. The maximum atomic E-state index is 12.5. The molecule has 0 radical (unpaired) electrons. The maximum absolute atomic E-state index is 12.5. The Bertz CT molecular complexity index is 512. The molecule has 0 saturated heterocycles. The number of amides is 1. The standard InChI is InChI=1S/C10H6ClFN2OS/c11-8-3-2-7(16-8)10(15)14-6-1-4-9(12)13-5-6/h1-5H,(H,14,15). The van der Waals surface area contributed by atoms with Crippen molar-refractivity contribution < 1.29 is 9.18 Å². The third-order valence-electron chi connectivity index (χ3n) is 1.78. The third-order valence-corrected chi connectivity index (χ3v) is 3.01. The highest BCUT2D eigenvalue weighted by atomic mass is 35.5. The number of halogens is 2. The molecule has 1 N–H and O–H groups in total. The highest BCUT2D eigenvalue weighted by Gasteiger charge is 2.08. The zero-order chi connectivity index (χ0) is 11.5. The van der Waals surface area contributed by atoms with E-state index >= 15 is 0 Å². The second-order valence-electron chi connectivity index (χ2n) is 2.93. The summed E-state index contributed by atoms with van der Waals surface area (Å²) in [4.78, 5) is 15.6. The first-order valence-electron chi connectivity index (χ1n) is 4.33. The van der Waals surface area contributed by atoms with E-state index in [0.717, 1.165) is 0 Å². The average molecular weight is 257 g/mol. The fraction of sp³-hybridized carbons (Fsp3) is 0. The van der Waals surface area contributed by atoms with E-state index in [1.807, 2.05) is 0 Å². The number of aromatic nitrogens is 1. The SMILES string of the molecule is O=C(Nc1ccc(F)nc1)c1ccc(Cl)s1. The molecule has 0 atom stereocenters. The molecule has 0 fully saturated rings. The quantitative estimate of drug-likeness (QED) is 0.839. The largest absolute Gasteiger partial charge is 0.320 e. The van der Waals surface area contributed by atoms with Crippen molar-refractivity contribution in [3.63, 3.8) is 0 Å². The number of thiophene rings is 1. The van der Waals surface area contributed by atoms with Gasteiger partial charge in [-0.1, -0.05) is 11.6 Å². The van der Waals surface area contributed by atoms with Gasteiger partial charge in [0.05, 0.1) is 21.1 Å². The minimum absolute atomic E-state index is 0.287. The minimum atomic E-state index is -0.586. The molecule has 2 aromatic heterocycles. The van der Waals surface area contributed by atoms with Crippen LogP contribution in [-0.4, -0.2) is 10.9 Å². The van der Waals surface area contributed by atoms with Crippen molar-refractivity contribution in [1.82, 2.24) is 4.98 Å². The maximum Gasteiger partial charge on any atom is 0.265 e. The van der Waals surface area contributed by atoms with Crippen LogP contribution in [0, 0.1) is 5.95 Å². The van der Waals surface area contributed by atoms with Crippen LogP contribution in [0.1, 0.15) is 9.67 Å². The van der Waals surface area contributed by atoms with Gasteiger partial charge in [0.1, 0.15) is 0 Å². The van der Waals surface area contributed by atoms with Gasteiger partial charge in [-0.25, -0.2) is 4.98 Å². The van der Waals surface area contributed by atoms with Crippen molar-refractivity contribution in [3.8, 4) is 0 Å². The molecule has 1 amide bonds. The molecule has 3 nitrogen and oxygen atoms in total. The molecule has 2 aromatic rings. The topological polar surface area (TPSA) is 42.0 Å². The van der Waals surface area contributed by atoms with Gasteiger partial charge in [0.25, 0.3) is 5.91 Å². The molecular weight excluding hydrogens is 251 g/mol. The molecule has 82 valence electrons. The number of rotatable bonds is 2. The van der Waals surface area contributed by atoms with Gasteiger partial charge < -0.3 is 5.32 Å². The molecule has 0 bridgehead atoms. The summed E-state index contributed by atoms with van der Waals surface area (Å²) in [5.41, 5.74) is 0.441. The van der Waals surface area contributed by atoms with E-state index in [0.29, 0.717) is 14.9 Å². The van der Waals surface area contributed by atoms with E-state index in [9.17, 15) is 9.18 Å². The molecule has 0 saturated carbocycles. The van der Waals surface area contributed by atoms with Gasteiger partial charge in [0.2, 0.25) is 5.95 Å². The second kappa shape index (κ2) is 4.59. The lowest BCUT2D eigenvalue weighted by Crippen LogP contribution is -2.10. The first-order chi connectivity index (χ1) is 7.65. The fourth-order valence-electron chi connectivity index (χ4n) is 1.08. The fourth-order valence-corrected chi connectivity index (χ4v) is 2.02. The number of hydrogen-bond acceptors (Lipinski definition) is 3. The zero-order valence-corrected chi connectivity index (χ0v) is 9.48. The van der Waals surface area contributed by atoms with Crippen LogP contribution in [0.5, 0.6) is 0 Å². The van der Waals surface area contributed by atoms with E-state index in [1.165, 1.54) is 29.7 Å². The Morgan fingerprint density at radius 2 is 2.19 bits per heavy atom. The van der Waals surface area contributed by atoms with E-state index in [4.69, 9.17) is 11.6 Å². The predicted octanol–water partition coefficient (Wildman–Crippen LogP) is 3.19. The number of carbonyl (C=O) groups excluding carboxylic acids is 1. The van der Waals surface area contributed by atoms with Gasteiger partial charge in [-0.2, -0.15) is 4.39 Å². The average Bonchev–Trinajstić information content (AvgIpc) is 2.68. The summed E-state index contributed by atoms with van der Waals surface area (Å²) in [6.45, 7) is 0. The lowest BCUT2D eigenvalue weighted by Gasteiger charge is -2.01. The molecule has 16 heavy (non-hydrogen) atoms. The Morgan fingerprint density at radius 1 is 1.38 bits per heavy atom. The molecule has 0 unspecified atom stereocenters. The predicted molar refractivity (Wildman–Crippen MR) is 61.5 cm³/mol. The first kappa shape index (κ1) is 11.0. The summed E-state index contributed by atoms with van der Waals surface area (Å²) in [6.07, 6.45) is 1.25. The van der Waals surface area contributed by atoms with E-state index < -0.39 is 5.95 Å². The number of anilines is 1. The smallest absolute Gasteiger partial charge is 0.265 e. The van der Waals surface area contributed by atoms with E-state index in [2.05, 4.69) is 10.3 Å². The Balaban J connectivity index is 2.10. The van der Waals surface area contributed by atoms with Crippen LogP contribution >= 0.6 is 22.9 Å². The molecule has 0 aliphatic heterocycles. The lowest BCUT2D eigenvalue weighted by atomic mass is 10.4. The van der Waals surface area contributed by atoms with Crippen molar-refractivity contribution in [1.29, 1.82) is 0 Å². The van der Waals surface area contributed by atoms with Crippen molar-refractivity contribution in [3.05, 3.63) is 45.6 Å². The van der Waals surface area contributed by atoms with Crippen molar-refractivity contribution in [2.75, 3.05) is 5.32 Å². The third kappa shape index (κ3) is 2.56. The minimum Gasteiger partial charge on any atom is -0.320 e. The molecular formula is C10H6ClFN2OS. The Hall–Kier alpha value is -1.46. The summed E-state index contributed by atoms with van der Waals surface area (Å²) < 4.78 is 13.1. The summed E-state index contributed by atoms with van der Waals surface area (Å²) in [7, 11) is 0. The number of carbonyl (C=O) groups is 1. The molecule has 2 heterocycles. The van der Waals surface area contributed by atoms with E-state index in [-0.39, 0.29) is 5.91 Å². The van der Waals surface area contributed by atoms with Gasteiger partial charge in [0.15, 0.2) is 0 Å². The van der Waals surface area contributed by atoms with Gasteiger partial charge in [0, 0.05) is 0 Å². The van der Waals surface area contributed by atoms with Crippen molar-refractivity contribution in [2.45, 2.75) is 0 Å². The highest BCUT2D eigenvalue weighted by molar-refractivity contribution is 7.18. The lowest BCUT2D eigenvalue weighted by molar-refractivity contribution is 0.103. The van der Waals surface area contributed by atoms with Crippen LogP contribution in [0.4, 0.5) is 10.1 Å². The number of nitrogens with zero attached hydrogens (tertiary/aromatic N) is 1. The second-order valence-corrected chi connectivity index (χ2v) is 4.64. The van der Waals surface area contributed by atoms with Crippen LogP contribution in [0.2, 0.25) is 4.34 Å². The molecule has 2 rings (SSSR count). The van der Waals surface area contributed by atoms with E-state index in [1.54, 1.807) is 12.1 Å². The van der Waals surface area contributed by atoms with Gasteiger partial charge in [-0.15, -0.1) is 11.3 Å². The molecule has 0 aliphatic carbocycles. The number of hydrogen-bond donors (Lipinski definition) is 1. The number of nitrogens with one attached hydrogen (secondary N) is 1. The summed E-state index contributed by atoms with van der Waals surface area (Å²) in [6, 6.07) is 5.88. The van der Waals surface area contributed by atoms with Gasteiger partial charge in [-0.3, -0.25) is 4.79 Å². The van der Waals surface area contributed by atoms with Gasteiger partial charge >= 0.3 is 0 Å². The zero-order valence-electron chi connectivity index (χ0n) is 7.91. The molecule has 0 aliphatic rings. The van der Waals surface area contributed by atoms with Crippen molar-refractivity contribution in [2.24, 2.45) is 0 Å². The molecule has 0 spiro atoms. The van der Waals surface area contributed by atoms with Crippen molar-refractivity contribution >= 4 is 34.5 Å². The Labute approximate surface area is 99.9 Å². The highest BCUT2D eigenvalue weighted by Crippen LogP contribution is 2.22. The summed E-state index contributed by atoms with van der Waals surface area (Å²) >= 11 is 6.88. The monoisotopic (exact) mass is 256 g/mol. The molecule has 0 aromatic carbocycles. The van der Waals surface area contributed by atoms with Crippen LogP contribution in [0.15, 0.2) is 30.5 Å². The molecule has 6 heteroatoms. The number of pyridine rings is 1. The van der Waals surface area contributed by atoms with Crippen LogP contribution in [-0.2, 0) is 0 Å². The summed E-state index contributed by atoms with van der Waals surface area (Å²) in [5, 5.41) is 2.58. The first-order valence-corrected chi connectivity index (χ1v) is 5.53. The Kier molecular flexibility index (Phi) is 3.17. The normalized spacial score (nSPS) is 10.1.